The van der Waals surface area contributed by atoms with Crippen LogP contribution in [0.4, 0.5) is 5.95 Å². The van der Waals surface area contributed by atoms with Crippen LogP contribution in [0.1, 0.15) is 30.9 Å². The Morgan fingerprint density at radius 1 is 0.969 bits per heavy atom. The van der Waals surface area contributed by atoms with Crippen LogP contribution in [0.3, 0.4) is 0 Å². The van der Waals surface area contributed by atoms with Gasteiger partial charge in [0.05, 0.1) is 13.7 Å². The number of rotatable bonds is 9. The summed E-state index contributed by atoms with van der Waals surface area (Å²) in [5.74, 6) is 1.14. The van der Waals surface area contributed by atoms with Crippen molar-refractivity contribution in [1.29, 1.82) is 0 Å². The summed E-state index contributed by atoms with van der Waals surface area (Å²) in [6.45, 7) is 3.31. The highest BCUT2D eigenvalue weighted by atomic mass is 16.5. The van der Waals surface area contributed by atoms with Crippen molar-refractivity contribution in [2.75, 3.05) is 12.8 Å². The zero-order valence-corrected chi connectivity index (χ0v) is 18.3. The molecule has 8 heteroatoms. The molecule has 0 bridgehead atoms. The highest BCUT2D eigenvalue weighted by molar-refractivity contribution is 5.78. The van der Waals surface area contributed by atoms with E-state index in [-0.39, 0.29) is 11.6 Å². The van der Waals surface area contributed by atoms with Gasteiger partial charge in [0.1, 0.15) is 12.4 Å². The minimum atomic E-state index is -0.159. The third kappa shape index (κ3) is 4.44. The van der Waals surface area contributed by atoms with E-state index < -0.39 is 0 Å². The monoisotopic (exact) mass is 433 g/mol. The lowest BCUT2D eigenvalue weighted by molar-refractivity contribution is 0.296. The normalized spacial score (nSPS) is 11.1. The number of nitrogen functional groups attached to an aromatic ring is 1. The van der Waals surface area contributed by atoms with Crippen molar-refractivity contribution in [1.82, 2.24) is 19.1 Å². The van der Waals surface area contributed by atoms with Crippen molar-refractivity contribution in [2.24, 2.45) is 0 Å². The number of unbranched alkanes of at least 4 members (excludes halogenated alkanes) is 1. The number of hydrogen-bond donors (Lipinski definition) is 1. The molecule has 0 aliphatic rings. The SMILES string of the molecule is CCCCn1c(=O)n(Cc2ccc(OC)cc2)c2nc(N)nc(OCc3ccccc3)c21. The van der Waals surface area contributed by atoms with Gasteiger partial charge in [-0.05, 0) is 29.7 Å². The lowest BCUT2D eigenvalue weighted by Crippen LogP contribution is -2.25. The van der Waals surface area contributed by atoms with E-state index in [9.17, 15) is 4.79 Å². The third-order valence-corrected chi connectivity index (χ3v) is 5.29. The molecule has 2 aromatic heterocycles. The Morgan fingerprint density at radius 3 is 2.41 bits per heavy atom. The number of nitrogens with two attached hydrogens (primary N) is 1. The number of imidazole rings is 1. The molecule has 0 radical (unpaired) electrons. The number of fused-ring (bicyclic) bond motifs is 1. The fraction of sp³-hybridized carbons (Fsp3) is 0.292. The van der Waals surface area contributed by atoms with Crippen LogP contribution in [0.5, 0.6) is 11.6 Å². The molecule has 0 aliphatic carbocycles. The summed E-state index contributed by atoms with van der Waals surface area (Å²) in [5.41, 5.74) is 8.84. The Labute approximate surface area is 186 Å². The van der Waals surface area contributed by atoms with E-state index in [1.54, 1.807) is 16.2 Å². The molecule has 0 fully saturated rings. The van der Waals surface area contributed by atoms with Gasteiger partial charge in [-0.25, -0.2) is 4.79 Å². The highest BCUT2D eigenvalue weighted by Gasteiger charge is 2.21. The molecule has 0 spiro atoms. The molecule has 2 N–H and O–H groups in total. The molecule has 0 saturated carbocycles. The number of ether oxygens (including phenoxy) is 2. The van der Waals surface area contributed by atoms with E-state index in [4.69, 9.17) is 15.2 Å². The molecule has 0 amide bonds. The zero-order chi connectivity index (χ0) is 22.5. The molecule has 0 atom stereocenters. The Balaban J connectivity index is 1.78. The van der Waals surface area contributed by atoms with Gasteiger partial charge < -0.3 is 15.2 Å². The average molecular weight is 434 g/mol. The minimum absolute atomic E-state index is 0.0664. The van der Waals surface area contributed by atoms with Gasteiger partial charge in [0, 0.05) is 6.54 Å². The highest BCUT2D eigenvalue weighted by Crippen LogP contribution is 2.25. The van der Waals surface area contributed by atoms with Crippen LogP contribution in [-0.2, 0) is 19.7 Å². The maximum atomic E-state index is 13.4. The number of methoxy groups -OCH3 is 1. The number of benzene rings is 2. The first-order valence-corrected chi connectivity index (χ1v) is 10.7. The summed E-state index contributed by atoms with van der Waals surface area (Å²) >= 11 is 0. The maximum absolute atomic E-state index is 13.4. The van der Waals surface area contributed by atoms with E-state index in [1.807, 2.05) is 54.6 Å². The maximum Gasteiger partial charge on any atom is 0.330 e. The van der Waals surface area contributed by atoms with Gasteiger partial charge in [-0.15, -0.1) is 0 Å². The Kier molecular flexibility index (Phi) is 6.39. The van der Waals surface area contributed by atoms with Crippen molar-refractivity contribution >= 4 is 17.1 Å². The van der Waals surface area contributed by atoms with Crippen molar-refractivity contribution in [3.8, 4) is 11.6 Å². The predicted octanol–water partition coefficient (Wildman–Crippen LogP) is 3.61. The Bertz CT molecular complexity index is 1250. The van der Waals surface area contributed by atoms with Crippen molar-refractivity contribution in [2.45, 2.75) is 39.5 Å². The molecular formula is C24H27N5O3. The van der Waals surface area contributed by atoms with E-state index in [0.29, 0.717) is 36.7 Å². The van der Waals surface area contributed by atoms with Gasteiger partial charge in [0.25, 0.3) is 0 Å². The number of anilines is 1. The summed E-state index contributed by atoms with van der Waals surface area (Å²) in [5, 5.41) is 0. The van der Waals surface area contributed by atoms with Crippen molar-refractivity contribution in [3.63, 3.8) is 0 Å². The molecule has 4 rings (SSSR count). The van der Waals surface area contributed by atoms with Crippen LogP contribution in [0.25, 0.3) is 11.2 Å². The Hall–Kier alpha value is -3.81. The van der Waals surface area contributed by atoms with Gasteiger partial charge >= 0.3 is 5.69 Å². The zero-order valence-electron chi connectivity index (χ0n) is 18.3. The van der Waals surface area contributed by atoms with E-state index in [0.717, 1.165) is 29.7 Å². The number of hydrogen-bond acceptors (Lipinski definition) is 6. The van der Waals surface area contributed by atoms with Crippen LogP contribution in [0.2, 0.25) is 0 Å². The lowest BCUT2D eigenvalue weighted by Gasteiger charge is -2.09. The molecule has 166 valence electrons. The number of aromatic nitrogens is 4. The first kappa shape index (κ1) is 21.4. The topological polar surface area (TPSA) is 97.2 Å². The molecule has 0 saturated heterocycles. The molecular weight excluding hydrogens is 406 g/mol. The van der Waals surface area contributed by atoms with E-state index in [1.165, 1.54) is 0 Å². The molecule has 32 heavy (non-hydrogen) atoms. The average Bonchev–Trinajstić information content (AvgIpc) is 3.08. The second-order valence-corrected chi connectivity index (χ2v) is 7.56. The Morgan fingerprint density at radius 2 is 1.72 bits per heavy atom. The summed E-state index contributed by atoms with van der Waals surface area (Å²) in [7, 11) is 1.62. The number of nitrogens with zero attached hydrogens (tertiary/aromatic N) is 4. The van der Waals surface area contributed by atoms with Crippen molar-refractivity contribution < 1.29 is 9.47 Å². The second kappa shape index (κ2) is 9.55. The summed E-state index contributed by atoms with van der Waals surface area (Å²) < 4.78 is 14.6. The quantitative estimate of drug-likeness (QED) is 0.433. The molecule has 2 aromatic carbocycles. The molecule has 2 heterocycles. The van der Waals surface area contributed by atoms with Crippen LogP contribution < -0.4 is 20.9 Å². The van der Waals surface area contributed by atoms with Crippen molar-refractivity contribution in [3.05, 3.63) is 76.2 Å². The summed E-state index contributed by atoms with van der Waals surface area (Å²) in [4.78, 5) is 22.1. The predicted molar refractivity (Wildman–Crippen MR) is 124 cm³/mol. The number of aryl methyl sites for hydroxylation is 1. The molecule has 8 nitrogen and oxygen atoms in total. The largest absolute Gasteiger partial charge is 0.497 e. The van der Waals surface area contributed by atoms with E-state index >= 15 is 0 Å². The first-order valence-electron chi connectivity index (χ1n) is 10.7. The van der Waals surface area contributed by atoms with E-state index in [2.05, 4.69) is 16.9 Å². The van der Waals surface area contributed by atoms with Gasteiger partial charge in [-0.1, -0.05) is 55.8 Å². The lowest BCUT2D eigenvalue weighted by atomic mass is 10.2. The fourth-order valence-electron chi connectivity index (χ4n) is 3.60. The molecule has 4 aromatic rings. The fourth-order valence-corrected chi connectivity index (χ4v) is 3.60. The summed E-state index contributed by atoms with van der Waals surface area (Å²) in [6.07, 6.45) is 1.80. The van der Waals surface area contributed by atoms with Crippen LogP contribution in [0, 0.1) is 0 Å². The van der Waals surface area contributed by atoms with Crippen LogP contribution in [0.15, 0.2) is 59.4 Å². The van der Waals surface area contributed by atoms with Crippen LogP contribution >= 0.6 is 0 Å². The van der Waals surface area contributed by atoms with Gasteiger partial charge in [0.2, 0.25) is 11.8 Å². The van der Waals surface area contributed by atoms with Gasteiger partial charge in [-0.2, -0.15) is 9.97 Å². The minimum Gasteiger partial charge on any atom is -0.497 e. The second-order valence-electron chi connectivity index (χ2n) is 7.56. The van der Waals surface area contributed by atoms with Gasteiger partial charge in [-0.3, -0.25) is 9.13 Å². The third-order valence-electron chi connectivity index (χ3n) is 5.29. The molecule has 0 unspecified atom stereocenters. The summed E-state index contributed by atoms with van der Waals surface area (Å²) in [6, 6.07) is 17.4. The smallest absolute Gasteiger partial charge is 0.330 e. The van der Waals surface area contributed by atoms with Gasteiger partial charge in [0.15, 0.2) is 11.2 Å². The molecule has 0 aliphatic heterocycles. The van der Waals surface area contributed by atoms with Crippen LogP contribution in [-0.4, -0.2) is 26.2 Å². The first-order chi connectivity index (χ1) is 15.6. The standard InChI is InChI=1S/C24H27N5O3/c1-3-4-14-28-20-21(29(24(28)30)15-17-10-12-19(31-2)13-11-17)26-23(25)27-22(20)32-16-18-8-6-5-7-9-18/h5-13H,3-4,14-16H2,1-2H3,(H2,25,26,27).